The molecule has 96 valence electrons. The van der Waals surface area contributed by atoms with E-state index in [-0.39, 0.29) is 6.04 Å². The Morgan fingerprint density at radius 1 is 1.22 bits per heavy atom. The average molecular weight is 355 g/mol. The van der Waals surface area contributed by atoms with Gasteiger partial charge in [-0.2, -0.15) is 5.10 Å². The van der Waals surface area contributed by atoms with Gasteiger partial charge in [0, 0.05) is 28.3 Å². The molecule has 1 aromatic heterocycles. The number of halogens is 1. The largest absolute Gasteiger partial charge is 0.324 e. The van der Waals surface area contributed by atoms with Crippen molar-refractivity contribution >= 4 is 22.6 Å². The van der Waals surface area contributed by atoms with Crippen LogP contribution in [0, 0.1) is 3.57 Å². The van der Waals surface area contributed by atoms with Crippen molar-refractivity contribution in [3.63, 3.8) is 0 Å². The van der Waals surface area contributed by atoms with Crippen molar-refractivity contribution in [2.24, 2.45) is 5.73 Å². The van der Waals surface area contributed by atoms with Gasteiger partial charge in [-0.15, -0.1) is 0 Å². The summed E-state index contributed by atoms with van der Waals surface area (Å²) in [7, 11) is 0. The van der Waals surface area contributed by atoms with Gasteiger partial charge in [0.2, 0.25) is 0 Å². The average Bonchev–Trinajstić information content (AvgIpc) is 2.78. The van der Waals surface area contributed by atoms with E-state index < -0.39 is 0 Å². The Labute approximate surface area is 122 Å². The van der Waals surface area contributed by atoms with E-state index in [9.17, 15) is 0 Å². The molecule has 0 amide bonds. The van der Waals surface area contributed by atoms with E-state index >= 15 is 0 Å². The number of aromatic nitrogens is 2. The van der Waals surface area contributed by atoms with E-state index in [1.54, 1.807) is 0 Å². The Morgan fingerprint density at radius 3 is 2.44 bits per heavy atom. The van der Waals surface area contributed by atoms with Crippen molar-refractivity contribution in [3.8, 4) is 0 Å². The van der Waals surface area contributed by atoms with Crippen LogP contribution >= 0.6 is 22.6 Å². The zero-order chi connectivity index (χ0) is 13.1. The highest BCUT2D eigenvalue weighted by molar-refractivity contribution is 14.1. The lowest BCUT2D eigenvalue weighted by atomic mass is 10.0. The van der Waals surface area contributed by atoms with E-state index in [1.165, 1.54) is 3.57 Å². The summed E-state index contributed by atoms with van der Waals surface area (Å²) in [6, 6.07) is 10.8. The van der Waals surface area contributed by atoms with Crippen LogP contribution in [-0.2, 0) is 6.42 Å². The minimum atomic E-state index is 0.0116. The van der Waals surface area contributed by atoms with E-state index in [1.807, 2.05) is 16.9 Å². The van der Waals surface area contributed by atoms with Gasteiger partial charge in [-0.05, 0) is 60.2 Å². The first-order valence-electron chi connectivity index (χ1n) is 6.11. The van der Waals surface area contributed by atoms with Gasteiger partial charge in [-0.3, -0.25) is 4.68 Å². The molecule has 1 unspecified atom stereocenters. The fourth-order valence-corrected chi connectivity index (χ4v) is 2.19. The van der Waals surface area contributed by atoms with E-state index in [2.05, 4.69) is 65.8 Å². The summed E-state index contributed by atoms with van der Waals surface area (Å²) in [5.41, 5.74) is 8.42. The Hall–Kier alpha value is -0.880. The first-order chi connectivity index (χ1) is 8.56. The fraction of sp³-hybridized carbons (Fsp3) is 0.357. The van der Waals surface area contributed by atoms with Gasteiger partial charge >= 0.3 is 0 Å². The molecule has 2 rings (SSSR count). The Bertz CT molecular complexity index is 502. The highest BCUT2D eigenvalue weighted by Gasteiger charge is 2.09. The zero-order valence-corrected chi connectivity index (χ0v) is 12.8. The predicted molar refractivity (Wildman–Crippen MR) is 82.4 cm³/mol. The molecule has 1 atom stereocenters. The van der Waals surface area contributed by atoms with Gasteiger partial charge in [0.15, 0.2) is 0 Å². The maximum atomic E-state index is 6.21. The van der Waals surface area contributed by atoms with Crippen molar-refractivity contribution in [1.29, 1.82) is 0 Å². The molecule has 0 bridgehead atoms. The molecule has 0 fully saturated rings. The summed E-state index contributed by atoms with van der Waals surface area (Å²) in [6.07, 6.45) is 2.79. The SMILES string of the molecule is CC(C)n1ccc(CC(N)c2ccc(I)cc2)n1. The van der Waals surface area contributed by atoms with Gasteiger partial charge in [-0.25, -0.2) is 0 Å². The molecule has 0 radical (unpaired) electrons. The van der Waals surface area contributed by atoms with Gasteiger partial charge < -0.3 is 5.73 Å². The second kappa shape index (κ2) is 5.84. The van der Waals surface area contributed by atoms with E-state index in [0.29, 0.717) is 6.04 Å². The molecule has 3 nitrogen and oxygen atoms in total. The van der Waals surface area contributed by atoms with Crippen molar-refractivity contribution in [2.45, 2.75) is 32.4 Å². The van der Waals surface area contributed by atoms with E-state index in [4.69, 9.17) is 5.73 Å². The van der Waals surface area contributed by atoms with Crippen molar-refractivity contribution in [3.05, 3.63) is 51.4 Å². The van der Waals surface area contributed by atoms with Crippen LogP contribution in [0.2, 0.25) is 0 Å². The Morgan fingerprint density at radius 2 is 1.89 bits per heavy atom. The van der Waals surface area contributed by atoms with E-state index in [0.717, 1.165) is 17.7 Å². The standard InChI is InChI=1S/C14H18IN3/c1-10(2)18-8-7-13(17-18)9-14(16)11-3-5-12(15)6-4-11/h3-8,10,14H,9,16H2,1-2H3. The minimum Gasteiger partial charge on any atom is -0.324 e. The maximum Gasteiger partial charge on any atom is 0.0643 e. The van der Waals surface area contributed by atoms with Crippen molar-refractivity contribution < 1.29 is 0 Å². The van der Waals surface area contributed by atoms with Gasteiger partial charge in [0.25, 0.3) is 0 Å². The summed E-state index contributed by atoms with van der Waals surface area (Å²) >= 11 is 2.30. The lowest BCUT2D eigenvalue weighted by Gasteiger charge is -2.10. The molecule has 18 heavy (non-hydrogen) atoms. The molecule has 1 heterocycles. The van der Waals surface area contributed by atoms with Gasteiger partial charge in [-0.1, -0.05) is 12.1 Å². The number of hydrogen-bond donors (Lipinski definition) is 1. The third-order valence-electron chi connectivity index (χ3n) is 2.92. The number of nitrogens with two attached hydrogens (primary N) is 1. The van der Waals surface area contributed by atoms with Crippen LogP contribution in [0.1, 0.15) is 37.2 Å². The number of benzene rings is 1. The predicted octanol–water partition coefficient (Wildman–Crippen LogP) is 3.31. The third-order valence-corrected chi connectivity index (χ3v) is 3.64. The Kier molecular flexibility index (Phi) is 4.40. The maximum absolute atomic E-state index is 6.21. The van der Waals surface area contributed by atoms with Gasteiger partial charge in [0.1, 0.15) is 0 Å². The molecule has 0 spiro atoms. The van der Waals surface area contributed by atoms with Crippen LogP contribution in [-0.4, -0.2) is 9.78 Å². The lowest BCUT2D eigenvalue weighted by molar-refractivity contribution is 0.522. The summed E-state index contributed by atoms with van der Waals surface area (Å²) < 4.78 is 3.20. The van der Waals surface area contributed by atoms with Gasteiger partial charge in [0.05, 0.1) is 5.69 Å². The molecular weight excluding hydrogens is 337 g/mol. The summed E-state index contributed by atoms with van der Waals surface area (Å²) in [5.74, 6) is 0. The van der Waals surface area contributed by atoms with Crippen LogP contribution in [0.3, 0.4) is 0 Å². The van der Waals surface area contributed by atoms with Crippen molar-refractivity contribution in [1.82, 2.24) is 9.78 Å². The number of hydrogen-bond acceptors (Lipinski definition) is 2. The van der Waals surface area contributed by atoms with Crippen LogP contribution in [0.4, 0.5) is 0 Å². The monoisotopic (exact) mass is 355 g/mol. The molecule has 0 aliphatic carbocycles. The number of nitrogens with zero attached hydrogens (tertiary/aromatic N) is 2. The molecule has 0 aliphatic rings. The van der Waals surface area contributed by atoms with Crippen LogP contribution < -0.4 is 5.73 Å². The third kappa shape index (κ3) is 3.32. The second-order valence-electron chi connectivity index (χ2n) is 4.74. The highest BCUT2D eigenvalue weighted by atomic mass is 127. The summed E-state index contributed by atoms with van der Waals surface area (Å²) in [4.78, 5) is 0. The molecule has 0 saturated heterocycles. The summed E-state index contributed by atoms with van der Waals surface area (Å²) in [6.45, 7) is 4.24. The summed E-state index contributed by atoms with van der Waals surface area (Å²) in [5, 5.41) is 4.53. The zero-order valence-electron chi connectivity index (χ0n) is 10.7. The molecule has 0 aliphatic heterocycles. The second-order valence-corrected chi connectivity index (χ2v) is 5.99. The fourth-order valence-electron chi connectivity index (χ4n) is 1.83. The van der Waals surface area contributed by atoms with Crippen LogP contribution in [0.25, 0.3) is 0 Å². The normalized spacial score (nSPS) is 12.9. The number of rotatable bonds is 4. The first kappa shape index (κ1) is 13.5. The minimum absolute atomic E-state index is 0.0116. The molecule has 2 aromatic rings. The highest BCUT2D eigenvalue weighted by Crippen LogP contribution is 2.17. The molecule has 1 aromatic carbocycles. The quantitative estimate of drug-likeness (QED) is 0.856. The molecule has 0 saturated carbocycles. The van der Waals surface area contributed by atoms with Crippen molar-refractivity contribution in [2.75, 3.05) is 0 Å². The smallest absolute Gasteiger partial charge is 0.0643 e. The molecule has 4 heteroatoms. The Balaban J connectivity index is 2.06. The van der Waals surface area contributed by atoms with Crippen LogP contribution in [0.15, 0.2) is 36.5 Å². The first-order valence-corrected chi connectivity index (χ1v) is 7.19. The van der Waals surface area contributed by atoms with Crippen LogP contribution in [0.5, 0.6) is 0 Å². The molecule has 2 N–H and O–H groups in total. The lowest BCUT2D eigenvalue weighted by Crippen LogP contribution is -2.14. The molecular formula is C14H18IN3. The topological polar surface area (TPSA) is 43.8 Å².